The molecule has 1 aromatic heterocycles. The van der Waals surface area contributed by atoms with E-state index in [0.717, 1.165) is 0 Å². The van der Waals surface area contributed by atoms with E-state index in [1.54, 1.807) is 43.5 Å². The van der Waals surface area contributed by atoms with Crippen molar-refractivity contribution in [2.24, 2.45) is 4.99 Å². The largest absolute Gasteiger partial charge is 0.408 e. The smallest absolute Gasteiger partial charge is 0.312 e. The zero-order valence-electron chi connectivity index (χ0n) is 12.2. The molecule has 22 heavy (non-hydrogen) atoms. The quantitative estimate of drug-likeness (QED) is 0.796. The highest BCUT2D eigenvalue weighted by atomic mass is 35.5. The number of rotatable bonds is 4. The molecule has 1 aromatic carbocycles. The number of ether oxygens (including phenoxy) is 1. The van der Waals surface area contributed by atoms with Gasteiger partial charge >= 0.3 is 5.97 Å². The van der Waals surface area contributed by atoms with Crippen LogP contribution in [-0.2, 0) is 4.79 Å². The van der Waals surface area contributed by atoms with Gasteiger partial charge in [0.15, 0.2) is 4.80 Å². The van der Waals surface area contributed by atoms with Gasteiger partial charge in [-0.25, -0.2) is 9.56 Å². The lowest BCUT2D eigenvalue weighted by molar-refractivity contribution is -0.134. The molecule has 116 valence electrons. The molecule has 2 aromatic rings. The Morgan fingerprint density at radius 2 is 1.91 bits per heavy atom. The number of benzene rings is 1. The molecule has 0 spiro atoms. The van der Waals surface area contributed by atoms with E-state index in [1.807, 2.05) is 0 Å². The molecule has 0 radical (unpaired) electrons. The normalized spacial score (nSPS) is 11.5. The molecule has 0 aliphatic heterocycles. The van der Waals surface area contributed by atoms with Crippen LogP contribution in [0.4, 0.5) is 5.69 Å². The molecule has 0 aliphatic carbocycles. The molecular formula is C15H15ClN2O3S. The second kappa shape index (κ2) is 7.38. The van der Waals surface area contributed by atoms with Crippen LogP contribution in [0.3, 0.4) is 0 Å². The average Bonchev–Trinajstić information content (AvgIpc) is 2.91. The Morgan fingerprint density at radius 3 is 2.50 bits per heavy atom. The lowest BCUT2D eigenvalue weighted by atomic mass is 10.3. The van der Waals surface area contributed by atoms with Crippen molar-refractivity contribution in [1.29, 1.82) is 0 Å². The summed E-state index contributed by atoms with van der Waals surface area (Å²) >= 11 is 7.08. The van der Waals surface area contributed by atoms with Crippen LogP contribution in [0.1, 0.15) is 31.5 Å². The van der Waals surface area contributed by atoms with Crippen molar-refractivity contribution in [2.45, 2.75) is 26.7 Å². The van der Waals surface area contributed by atoms with E-state index in [-0.39, 0.29) is 24.6 Å². The third kappa shape index (κ3) is 3.84. The van der Waals surface area contributed by atoms with Crippen molar-refractivity contribution in [3.63, 3.8) is 0 Å². The number of esters is 1. The summed E-state index contributed by atoms with van der Waals surface area (Å²) in [5, 5.41) is 2.22. The Hall–Kier alpha value is -1.92. The van der Waals surface area contributed by atoms with E-state index >= 15 is 0 Å². The Kier molecular flexibility index (Phi) is 5.51. The summed E-state index contributed by atoms with van der Waals surface area (Å²) in [7, 11) is 0. The van der Waals surface area contributed by atoms with E-state index in [1.165, 1.54) is 15.9 Å². The highest BCUT2D eigenvalue weighted by Crippen LogP contribution is 2.18. The monoisotopic (exact) mass is 338 g/mol. The van der Waals surface area contributed by atoms with Gasteiger partial charge < -0.3 is 4.74 Å². The highest BCUT2D eigenvalue weighted by Gasteiger charge is 2.15. The summed E-state index contributed by atoms with van der Waals surface area (Å²) in [6, 6.07) is 6.94. The molecule has 0 N–H and O–H groups in total. The van der Waals surface area contributed by atoms with Gasteiger partial charge in [0.25, 0.3) is 0 Å². The van der Waals surface area contributed by atoms with Crippen molar-refractivity contribution in [2.75, 3.05) is 0 Å². The van der Waals surface area contributed by atoms with Gasteiger partial charge in [-0.1, -0.05) is 25.4 Å². The second-order valence-corrected chi connectivity index (χ2v) is 5.63. The fraction of sp³-hybridized carbons (Fsp3) is 0.267. The van der Waals surface area contributed by atoms with Crippen molar-refractivity contribution >= 4 is 40.5 Å². The number of hydrogen-bond donors (Lipinski definition) is 0. The maximum Gasteiger partial charge on any atom is 0.312 e. The van der Waals surface area contributed by atoms with Gasteiger partial charge in [0.1, 0.15) is 0 Å². The Balaban J connectivity index is 2.49. The first-order valence-corrected chi connectivity index (χ1v) is 8.05. The fourth-order valence-electron chi connectivity index (χ4n) is 1.65. The van der Waals surface area contributed by atoms with Crippen molar-refractivity contribution < 1.29 is 14.3 Å². The summed E-state index contributed by atoms with van der Waals surface area (Å²) in [4.78, 5) is 28.5. The SMILES string of the molecule is CCC(=O)Oc1csc(=Nc2ccc(Cl)cc2)n1C(=O)CC. The molecule has 2 rings (SSSR count). The maximum absolute atomic E-state index is 12.1. The zero-order chi connectivity index (χ0) is 16.1. The molecule has 0 bridgehead atoms. The van der Waals surface area contributed by atoms with Crippen LogP contribution in [0.2, 0.25) is 5.02 Å². The van der Waals surface area contributed by atoms with Crippen LogP contribution in [0.25, 0.3) is 0 Å². The van der Waals surface area contributed by atoms with Crippen LogP contribution in [0.15, 0.2) is 34.6 Å². The van der Waals surface area contributed by atoms with E-state index in [4.69, 9.17) is 16.3 Å². The maximum atomic E-state index is 12.1. The van der Waals surface area contributed by atoms with Gasteiger partial charge in [-0.2, -0.15) is 0 Å². The number of thiazole rings is 1. The number of hydrogen-bond acceptors (Lipinski definition) is 5. The van der Waals surface area contributed by atoms with Gasteiger partial charge in [-0.15, -0.1) is 11.3 Å². The minimum Gasteiger partial charge on any atom is -0.408 e. The van der Waals surface area contributed by atoms with Crippen LogP contribution in [-0.4, -0.2) is 16.4 Å². The van der Waals surface area contributed by atoms with Crippen molar-refractivity contribution in [1.82, 2.24) is 4.57 Å². The predicted octanol–water partition coefficient (Wildman–Crippen LogP) is 3.80. The first-order valence-electron chi connectivity index (χ1n) is 6.79. The molecule has 7 heteroatoms. The van der Waals surface area contributed by atoms with E-state index < -0.39 is 5.97 Å². The second-order valence-electron chi connectivity index (χ2n) is 4.36. The lowest BCUT2D eigenvalue weighted by Crippen LogP contribution is -2.24. The molecule has 0 unspecified atom stereocenters. The highest BCUT2D eigenvalue weighted by molar-refractivity contribution is 7.07. The number of carbonyl (C=O) groups excluding carboxylic acids is 2. The van der Waals surface area contributed by atoms with Crippen molar-refractivity contribution in [3.05, 3.63) is 39.5 Å². The molecule has 1 heterocycles. The topological polar surface area (TPSA) is 60.7 Å². The number of halogens is 1. The fourth-order valence-corrected chi connectivity index (χ4v) is 2.59. The molecule has 0 aliphatic rings. The van der Waals surface area contributed by atoms with Crippen LogP contribution >= 0.6 is 22.9 Å². The van der Waals surface area contributed by atoms with Gasteiger partial charge in [-0.05, 0) is 24.3 Å². The summed E-state index contributed by atoms with van der Waals surface area (Å²) < 4.78 is 6.51. The average molecular weight is 339 g/mol. The summed E-state index contributed by atoms with van der Waals surface area (Å²) in [6.45, 7) is 3.43. The van der Waals surface area contributed by atoms with Gasteiger partial charge in [0, 0.05) is 17.9 Å². The molecule has 0 amide bonds. The zero-order valence-corrected chi connectivity index (χ0v) is 13.8. The van der Waals surface area contributed by atoms with Crippen molar-refractivity contribution in [3.8, 4) is 5.88 Å². The third-order valence-electron chi connectivity index (χ3n) is 2.79. The van der Waals surface area contributed by atoms with E-state index in [2.05, 4.69) is 4.99 Å². The lowest BCUT2D eigenvalue weighted by Gasteiger charge is -2.05. The van der Waals surface area contributed by atoms with Crippen LogP contribution < -0.4 is 9.54 Å². The Labute approximate surface area is 136 Å². The molecule has 0 saturated heterocycles. The molecule has 0 atom stereocenters. The first kappa shape index (κ1) is 16.5. The van der Waals surface area contributed by atoms with E-state index in [9.17, 15) is 9.59 Å². The van der Waals surface area contributed by atoms with Gasteiger partial charge in [-0.3, -0.25) is 9.59 Å². The van der Waals surface area contributed by atoms with E-state index in [0.29, 0.717) is 15.5 Å². The summed E-state index contributed by atoms with van der Waals surface area (Å²) in [5.41, 5.74) is 0.664. The van der Waals surface area contributed by atoms with Gasteiger partial charge in [0.05, 0.1) is 11.1 Å². The standard InChI is InChI=1S/C15H15ClN2O3S/c1-3-12(19)18-13(21-14(20)4-2)9-22-15(18)17-11-7-5-10(16)6-8-11/h5-9H,3-4H2,1-2H3. The summed E-state index contributed by atoms with van der Waals surface area (Å²) in [6.07, 6.45) is 0.515. The Morgan fingerprint density at radius 1 is 1.23 bits per heavy atom. The Bertz CT molecular complexity index is 747. The molecule has 5 nitrogen and oxygen atoms in total. The van der Waals surface area contributed by atoms with Gasteiger partial charge in [0.2, 0.25) is 11.8 Å². The number of carbonyl (C=O) groups is 2. The minimum atomic E-state index is -0.395. The molecule has 0 fully saturated rings. The number of nitrogens with zero attached hydrogens (tertiary/aromatic N) is 2. The third-order valence-corrected chi connectivity index (χ3v) is 3.84. The number of aromatic nitrogens is 1. The molecular weight excluding hydrogens is 324 g/mol. The minimum absolute atomic E-state index is 0.187. The first-order chi connectivity index (χ1) is 10.5. The predicted molar refractivity (Wildman–Crippen MR) is 85.8 cm³/mol. The van der Waals surface area contributed by atoms with Crippen LogP contribution in [0.5, 0.6) is 5.88 Å². The summed E-state index contributed by atoms with van der Waals surface area (Å²) in [5.74, 6) is -0.377. The molecule has 0 saturated carbocycles. The van der Waals surface area contributed by atoms with Crippen LogP contribution in [0, 0.1) is 0 Å².